The monoisotopic (exact) mass is 349 g/mol. The van der Waals surface area contributed by atoms with E-state index in [0.29, 0.717) is 22.3 Å². The fourth-order valence-corrected chi connectivity index (χ4v) is 2.40. The van der Waals surface area contributed by atoms with Gasteiger partial charge in [-0.15, -0.1) is 0 Å². The van der Waals surface area contributed by atoms with Gasteiger partial charge in [0.2, 0.25) is 0 Å². The fourth-order valence-electron chi connectivity index (χ4n) is 2.07. The third kappa shape index (κ3) is 2.54. The molecule has 0 amide bonds. The summed E-state index contributed by atoms with van der Waals surface area (Å²) in [5, 5.41) is 3.45. The van der Waals surface area contributed by atoms with E-state index in [4.69, 9.17) is 5.73 Å². The minimum atomic E-state index is -0.669. The minimum absolute atomic E-state index is 0.215. The Bertz CT molecular complexity index is 816. The molecule has 0 radical (unpaired) electrons. The number of fused-ring (bicyclic) bond motifs is 1. The molecule has 0 fully saturated rings. The average molecular weight is 350 g/mol. The van der Waals surface area contributed by atoms with Crippen LogP contribution in [0.25, 0.3) is 10.9 Å². The van der Waals surface area contributed by atoms with Crippen LogP contribution in [0.3, 0.4) is 0 Å². The minimum Gasteiger partial charge on any atom is -0.398 e. The van der Waals surface area contributed by atoms with Crippen molar-refractivity contribution in [1.29, 1.82) is 0 Å². The highest BCUT2D eigenvalue weighted by atomic mass is 79.9. The van der Waals surface area contributed by atoms with Gasteiger partial charge in [0.25, 0.3) is 0 Å². The molecule has 0 aliphatic heterocycles. The maximum Gasteiger partial charge on any atom is 0.149 e. The van der Waals surface area contributed by atoms with Gasteiger partial charge < -0.3 is 11.1 Å². The van der Waals surface area contributed by atoms with Crippen LogP contribution in [0.15, 0.2) is 47.1 Å². The number of hydrogen-bond donors (Lipinski definition) is 2. The molecule has 1 heterocycles. The molecule has 3 nitrogen and oxygen atoms in total. The normalized spacial score (nSPS) is 10.8. The van der Waals surface area contributed by atoms with E-state index >= 15 is 0 Å². The number of nitrogen functional groups attached to an aromatic ring is 1. The summed E-state index contributed by atoms with van der Waals surface area (Å²) in [5.74, 6) is -1.34. The Kier molecular flexibility index (Phi) is 3.47. The SMILES string of the molecule is Nc1ccc(Nc2c(F)cccc2F)c2ncc(Br)cc12. The predicted octanol–water partition coefficient (Wildman–Crippen LogP) is 4.60. The van der Waals surface area contributed by atoms with Crippen molar-refractivity contribution in [1.82, 2.24) is 4.98 Å². The quantitative estimate of drug-likeness (QED) is 0.664. The van der Waals surface area contributed by atoms with Gasteiger partial charge >= 0.3 is 0 Å². The Morgan fingerprint density at radius 3 is 2.52 bits per heavy atom. The second kappa shape index (κ2) is 5.29. The van der Waals surface area contributed by atoms with Crippen LogP contribution in [0.2, 0.25) is 0 Å². The number of nitrogens with one attached hydrogen (secondary N) is 1. The first kappa shape index (κ1) is 13.8. The molecule has 2 aromatic carbocycles. The van der Waals surface area contributed by atoms with Crippen LogP contribution in [0, 0.1) is 11.6 Å². The Labute approximate surface area is 127 Å². The smallest absolute Gasteiger partial charge is 0.149 e. The van der Waals surface area contributed by atoms with Crippen molar-refractivity contribution in [3.63, 3.8) is 0 Å². The van der Waals surface area contributed by atoms with E-state index in [9.17, 15) is 8.78 Å². The molecule has 3 aromatic rings. The van der Waals surface area contributed by atoms with Crippen LogP contribution in [0.5, 0.6) is 0 Å². The maximum absolute atomic E-state index is 13.7. The van der Waals surface area contributed by atoms with Gasteiger partial charge in [0.15, 0.2) is 0 Å². The highest BCUT2D eigenvalue weighted by Gasteiger charge is 2.12. The van der Waals surface area contributed by atoms with Crippen molar-refractivity contribution in [2.24, 2.45) is 0 Å². The lowest BCUT2D eigenvalue weighted by atomic mass is 10.1. The molecule has 0 bridgehead atoms. The summed E-state index contributed by atoms with van der Waals surface area (Å²) >= 11 is 3.32. The van der Waals surface area contributed by atoms with Gasteiger partial charge in [-0.2, -0.15) is 0 Å². The van der Waals surface area contributed by atoms with Crippen LogP contribution in [-0.4, -0.2) is 4.98 Å². The number of aromatic nitrogens is 1. The van der Waals surface area contributed by atoms with Gasteiger partial charge in [0.1, 0.15) is 17.3 Å². The zero-order valence-corrected chi connectivity index (χ0v) is 12.3. The lowest BCUT2D eigenvalue weighted by Crippen LogP contribution is -2.00. The summed E-state index contributed by atoms with van der Waals surface area (Å²) in [5.41, 5.74) is 7.26. The molecule has 0 saturated carbocycles. The summed E-state index contributed by atoms with van der Waals surface area (Å²) < 4.78 is 28.2. The van der Waals surface area contributed by atoms with Gasteiger partial charge in [-0.25, -0.2) is 8.78 Å². The zero-order valence-electron chi connectivity index (χ0n) is 10.7. The lowest BCUT2D eigenvalue weighted by molar-refractivity contribution is 0.591. The van der Waals surface area contributed by atoms with Crippen molar-refractivity contribution in [2.75, 3.05) is 11.1 Å². The van der Waals surface area contributed by atoms with Crippen molar-refractivity contribution in [3.8, 4) is 0 Å². The van der Waals surface area contributed by atoms with Crippen LogP contribution in [0.1, 0.15) is 0 Å². The average Bonchev–Trinajstić information content (AvgIpc) is 2.45. The molecule has 0 aliphatic carbocycles. The first-order valence-corrected chi connectivity index (χ1v) is 6.90. The molecule has 1 aromatic heterocycles. The number of halogens is 3. The van der Waals surface area contributed by atoms with Gasteiger partial charge in [0.05, 0.1) is 11.2 Å². The van der Waals surface area contributed by atoms with Crippen LogP contribution >= 0.6 is 15.9 Å². The molecule has 6 heteroatoms. The van der Waals surface area contributed by atoms with Crippen molar-refractivity contribution in [2.45, 2.75) is 0 Å². The third-order valence-electron chi connectivity index (χ3n) is 3.07. The largest absolute Gasteiger partial charge is 0.398 e. The number of nitrogens with two attached hydrogens (primary N) is 1. The topological polar surface area (TPSA) is 50.9 Å². The van der Waals surface area contributed by atoms with Gasteiger partial charge in [-0.05, 0) is 46.3 Å². The Morgan fingerprint density at radius 2 is 1.81 bits per heavy atom. The van der Waals surface area contributed by atoms with Crippen LogP contribution in [0.4, 0.5) is 25.8 Å². The van der Waals surface area contributed by atoms with Crippen molar-refractivity contribution in [3.05, 3.63) is 58.7 Å². The molecule has 0 aliphatic rings. The Balaban J connectivity index is 2.16. The van der Waals surface area contributed by atoms with Gasteiger partial charge in [0, 0.05) is 21.7 Å². The first-order valence-electron chi connectivity index (χ1n) is 6.11. The molecule has 0 unspecified atom stereocenters. The van der Waals surface area contributed by atoms with Crippen LogP contribution in [-0.2, 0) is 0 Å². The molecule has 0 spiro atoms. The number of pyridine rings is 1. The first-order chi connectivity index (χ1) is 10.1. The second-order valence-corrected chi connectivity index (χ2v) is 5.39. The number of para-hydroxylation sites is 1. The highest BCUT2D eigenvalue weighted by Crippen LogP contribution is 2.32. The Hall–Kier alpha value is -2.21. The number of hydrogen-bond acceptors (Lipinski definition) is 3. The summed E-state index contributed by atoms with van der Waals surface area (Å²) in [7, 11) is 0. The van der Waals surface area contributed by atoms with E-state index in [1.165, 1.54) is 18.2 Å². The predicted molar refractivity (Wildman–Crippen MR) is 83.5 cm³/mol. The third-order valence-corrected chi connectivity index (χ3v) is 3.51. The Morgan fingerprint density at radius 1 is 1.10 bits per heavy atom. The molecule has 3 rings (SSSR count). The molecule has 0 saturated heterocycles. The number of nitrogens with zero attached hydrogens (tertiary/aromatic N) is 1. The summed E-state index contributed by atoms with van der Waals surface area (Å²) in [6.07, 6.45) is 1.60. The molecular weight excluding hydrogens is 340 g/mol. The molecule has 0 atom stereocenters. The second-order valence-electron chi connectivity index (χ2n) is 4.47. The highest BCUT2D eigenvalue weighted by molar-refractivity contribution is 9.10. The summed E-state index contributed by atoms with van der Waals surface area (Å²) in [4.78, 5) is 4.26. The number of anilines is 3. The zero-order chi connectivity index (χ0) is 15.0. The van der Waals surface area contributed by atoms with E-state index in [-0.39, 0.29) is 5.69 Å². The van der Waals surface area contributed by atoms with Gasteiger partial charge in [-0.1, -0.05) is 6.07 Å². The van der Waals surface area contributed by atoms with E-state index < -0.39 is 11.6 Å². The van der Waals surface area contributed by atoms with E-state index in [1.54, 1.807) is 24.4 Å². The molecule has 106 valence electrons. The summed E-state index contributed by atoms with van der Waals surface area (Å²) in [6.45, 7) is 0. The van der Waals surface area contributed by atoms with Crippen molar-refractivity contribution >= 4 is 43.9 Å². The van der Waals surface area contributed by atoms with Crippen LogP contribution < -0.4 is 11.1 Å². The van der Waals surface area contributed by atoms with Gasteiger partial charge in [-0.3, -0.25) is 4.98 Å². The fraction of sp³-hybridized carbons (Fsp3) is 0. The van der Waals surface area contributed by atoms with E-state index in [2.05, 4.69) is 26.2 Å². The molecular formula is C15H10BrF2N3. The number of benzene rings is 2. The number of rotatable bonds is 2. The standard InChI is InChI=1S/C15H10BrF2N3/c16-8-6-9-12(19)4-5-13(14(9)20-7-8)21-15-10(17)2-1-3-11(15)18/h1-7,21H,19H2. The van der Waals surface area contributed by atoms with E-state index in [0.717, 1.165) is 4.47 Å². The maximum atomic E-state index is 13.7. The molecule has 3 N–H and O–H groups in total. The lowest BCUT2D eigenvalue weighted by Gasteiger charge is -2.12. The molecule has 21 heavy (non-hydrogen) atoms. The summed E-state index contributed by atoms with van der Waals surface area (Å²) in [6, 6.07) is 8.80. The van der Waals surface area contributed by atoms with E-state index in [1.807, 2.05) is 0 Å². The van der Waals surface area contributed by atoms with Crippen molar-refractivity contribution < 1.29 is 8.78 Å².